The number of halogens is 2. The lowest BCUT2D eigenvalue weighted by Gasteiger charge is -2.39. The second-order valence-corrected chi connectivity index (χ2v) is 10.1. The SMILES string of the molecule is O=S(=O)(c1ccc(F)cc1)N1CCN([C@H](c2ccccc2)c2ccc(Br)cc2)CC1. The zero-order chi connectivity index (χ0) is 21.1. The van der Waals surface area contributed by atoms with Crippen LogP contribution in [-0.2, 0) is 10.0 Å². The van der Waals surface area contributed by atoms with E-state index < -0.39 is 15.8 Å². The highest BCUT2D eigenvalue weighted by atomic mass is 79.9. The van der Waals surface area contributed by atoms with Crippen molar-refractivity contribution in [1.82, 2.24) is 9.21 Å². The highest BCUT2D eigenvalue weighted by Crippen LogP contribution is 2.31. The van der Waals surface area contributed by atoms with Crippen LogP contribution < -0.4 is 0 Å². The monoisotopic (exact) mass is 488 g/mol. The van der Waals surface area contributed by atoms with E-state index in [2.05, 4.69) is 45.1 Å². The van der Waals surface area contributed by atoms with Crippen molar-refractivity contribution < 1.29 is 12.8 Å². The minimum absolute atomic E-state index is 0.0509. The van der Waals surface area contributed by atoms with Crippen LogP contribution in [0.1, 0.15) is 17.2 Å². The second-order valence-electron chi connectivity index (χ2n) is 7.26. The quantitative estimate of drug-likeness (QED) is 0.523. The summed E-state index contributed by atoms with van der Waals surface area (Å²) in [6.07, 6.45) is 0. The molecule has 0 aromatic heterocycles. The number of rotatable bonds is 5. The van der Waals surface area contributed by atoms with Crippen molar-refractivity contribution in [2.45, 2.75) is 10.9 Å². The Bertz CT molecular complexity index is 1080. The second kappa shape index (κ2) is 8.98. The summed E-state index contributed by atoms with van der Waals surface area (Å²) in [6.45, 7) is 1.99. The van der Waals surface area contributed by atoms with Gasteiger partial charge in [0.25, 0.3) is 0 Å². The van der Waals surface area contributed by atoms with Gasteiger partial charge in [0.15, 0.2) is 0 Å². The van der Waals surface area contributed by atoms with Gasteiger partial charge < -0.3 is 0 Å². The maximum atomic E-state index is 13.2. The van der Waals surface area contributed by atoms with Gasteiger partial charge in [0.1, 0.15) is 5.82 Å². The predicted molar refractivity (Wildman–Crippen MR) is 119 cm³/mol. The molecule has 0 radical (unpaired) electrons. The summed E-state index contributed by atoms with van der Waals surface area (Å²) >= 11 is 3.49. The van der Waals surface area contributed by atoms with Crippen molar-refractivity contribution in [1.29, 1.82) is 0 Å². The Hall–Kier alpha value is -2.06. The first-order valence-electron chi connectivity index (χ1n) is 9.75. The third kappa shape index (κ3) is 4.49. The molecule has 0 unspecified atom stereocenters. The summed E-state index contributed by atoms with van der Waals surface area (Å²) in [5.74, 6) is -0.445. The van der Waals surface area contributed by atoms with Crippen LogP contribution in [-0.4, -0.2) is 43.8 Å². The molecule has 1 fully saturated rings. The van der Waals surface area contributed by atoms with Crippen molar-refractivity contribution >= 4 is 26.0 Å². The Kier molecular flexibility index (Phi) is 6.34. The third-order valence-corrected chi connectivity index (χ3v) is 7.83. The average Bonchev–Trinajstić information content (AvgIpc) is 2.77. The van der Waals surface area contributed by atoms with Crippen molar-refractivity contribution in [3.63, 3.8) is 0 Å². The molecule has 0 N–H and O–H groups in total. The summed E-state index contributed by atoms with van der Waals surface area (Å²) in [5, 5.41) is 0. The van der Waals surface area contributed by atoms with E-state index in [9.17, 15) is 12.8 Å². The molecule has 156 valence electrons. The summed E-state index contributed by atoms with van der Waals surface area (Å²) in [5.41, 5.74) is 2.34. The van der Waals surface area contributed by atoms with Crippen LogP contribution in [0.5, 0.6) is 0 Å². The van der Waals surface area contributed by atoms with Gasteiger partial charge in [0, 0.05) is 30.7 Å². The maximum Gasteiger partial charge on any atom is 0.243 e. The molecule has 4 rings (SSSR count). The lowest BCUT2D eigenvalue weighted by Crippen LogP contribution is -2.49. The van der Waals surface area contributed by atoms with Gasteiger partial charge in [0.05, 0.1) is 10.9 Å². The molecule has 1 atom stereocenters. The Morgan fingerprint density at radius 1 is 0.767 bits per heavy atom. The molecule has 30 heavy (non-hydrogen) atoms. The van der Waals surface area contributed by atoms with Gasteiger partial charge in [-0.05, 0) is 47.5 Å². The van der Waals surface area contributed by atoms with Gasteiger partial charge in [0.2, 0.25) is 10.0 Å². The Balaban J connectivity index is 1.56. The fraction of sp³-hybridized carbons (Fsp3) is 0.217. The Labute approximate surface area is 185 Å². The smallest absolute Gasteiger partial charge is 0.243 e. The lowest BCUT2D eigenvalue weighted by atomic mass is 9.96. The number of hydrogen-bond donors (Lipinski definition) is 0. The zero-order valence-corrected chi connectivity index (χ0v) is 18.7. The van der Waals surface area contributed by atoms with Crippen molar-refractivity contribution in [2.75, 3.05) is 26.2 Å². The normalized spacial score (nSPS) is 17.0. The first-order valence-corrected chi connectivity index (χ1v) is 12.0. The largest absolute Gasteiger partial charge is 0.290 e. The summed E-state index contributed by atoms with van der Waals surface area (Å²) < 4.78 is 41.6. The van der Waals surface area contributed by atoms with Gasteiger partial charge >= 0.3 is 0 Å². The third-order valence-electron chi connectivity index (χ3n) is 5.39. The molecule has 4 nitrogen and oxygen atoms in total. The van der Waals surface area contributed by atoms with E-state index in [1.165, 1.54) is 39.7 Å². The van der Waals surface area contributed by atoms with E-state index >= 15 is 0 Å². The van der Waals surface area contributed by atoms with Crippen LogP contribution in [0.3, 0.4) is 0 Å². The molecule has 1 saturated heterocycles. The minimum atomic E-state index is -3.63. The van der Waals surface area contributed by atoms with Crippen LogP contribution in [0, 0.1) is 5.82 Å². The fourth-order valence-electron chi connectivity index (χ4n) is 3.85. The standard InChI is InChI=1S/C23H22BrFN2O2S/c24-20-8-6-19(7-9-20)23(18-4-2-1-3-5-18)26-14-16-27(17-15-26)30(28,29)22-12-10-21(25)11-13-22/h1-13,23H,14-17H2/t23-/m1/s1. The van der Waals surface area contributed by atoms with Crippen molar-refractivity contribution in [3.05, 3.63) is 100 Å². The molecule has 0 saturated carbocycles. The van der Waals surface area contributed by atoms with Gasteiger partial charge in [-0.1, -0.05) is 58.4 Å². The van der Waals surface area contributed by atoms with Crippen LogP contribution in [0.4, 0.5) is 4.39 Å². The van der Waals surface area contributed by atoms with Gasteiger partial charge in [-0.25, -0.2) is 12.8 Å². The van der Waals surface area contributed by atoms with E-state index in [0.29, 0.717) is 26.2 Å². The summed E-state index contributed by atoms with van der Waals surface area (Å²) in [4.78, 5) is 2.44. The molecule has 0 aliphatic carbocycles. The molecule has 7 heteroatoms. The van der Waals surface area contributed by atoms with E-state index in [4.69, 9.17) is 0 Å². The van der Waals surface area contributed by atoms with E-state index in [-0.39, 0.29) is 10.9 Å². The van der Waals surface area contributed by atoms with Gasteiger partial charge in [-0.2, -0.15) is 4.31 Å². The fourth-order valence-corrected chi connectivity index (χ4v) is 5.54. The lowest BCUT2D eigenvalue weighted by molar-refractivity contribution is 0.156. The highest BCUT2D eigenvalue weighted by molar-refractivity contribution is 9.10. The molecule has 3 aromatic carbocycles. The van der Waals surface area contributed by atoms with E-state index in [0.717, 1.165) is 4.47 Å². The van der Waals surface area contributed by atoms with Crippen LogP contribution in [0.15, 0.2) is 88.2 Å². The molecule has 1 heterocycles. The molecule has 0 amide bonds. The first kappa shape index (κ1) is 21.2. The number of benzene rings is 3. The first-order chi connectivity index (χ1) is 14.4. The maximum absolute atomic E-state index is 13.2. The highest BCUT2D eigenvalue weighted by Gasteiger charge is 2.32. The van der Waals surface area contributed by atoms with E-state index in [1.54, 1.807) is 0 Å². The zero-order valence-electron chi connectivity index (χ0n) is 16.3. The van der Waals surface area contributed by atoms with Gasteiger partial charge in [-0.3, -0.25) is 4.90 Å². The van der Waals surface area contributed by atoms with Crippen molar-refractivity contribution in [2.24, 2.45) is 0 Å². The van der Waals surface area contributed by atoms with E-state index in [1.807, 2.05) is 30.3 Å². The molecule has 0 bridgehead atoms. The number of nitrogens with zero attached hydrogens (tertiary/aromatic N) is 2. The average molecular weight is 489 g/mol. The summed E-state index contributed by atoms with van der Waals surface area (Å²) in [7, 11) is -3.63. The molecular weight excluding hydrogens is 467 g/mol. The Morgan fingerprint density at radius 3 is 1.93 bits per heavy atom. The topological polar surface area (TPSA) is 40.6 Å². The molecule has 0 spiro atoms. The van der Waals surface area contributed by atoms with Gasteiger partial charge in [-0.15, -0.1) is 0 Å². The number of hydrogen-bond acceptors (Lipinski definition) is 3. The van der Waals surface area contributed by atoms with Crippen LogP contribution in [0.25, 0.3) is 0 Å². The predicted octanol–water partition coefficient (Wildman–Crippen LogP) is 4.68. The molecular formula is C23H22BrFN2O2S. The molecule has 3 aromatic rings. The van der Waals surface area contributed by atoms with Crippen molar-refractivity contribution in [3.8, 4) is 0 Å². The number of piperazine rings is 1. The van der Waals surface area contributed by atoms with Crippen LogP contribution in [0.2, 0.25) is 0 Å². The number of sulfonamides is 1. The molecule has 1 aliphatic heterocycles. The van der Waals surface area contributed by atoms with Crippen LogP contribution >= 0.6 is 15.9 Å². The Morgan fingerprint density at radius 2 is 1.33 bits per heavy atom. The summed E-state index contributed by atoms with van der Waals surface area (Å²) in [6, 6.07) is 23.6. The minimum Gasteiger partial charge on any atom is -0.290 e. The molecule has 1 aliphatic rings.